The van der Waals surface area contributed by atoms with Crippen LogP contribution in [0.25, 0.3) is 0 Å². The summed E-state index contributed by atoms with van der Waals surface area (Å²) in [6, 6.07) is 12.1. The second-order valence-corrected chi connectivity index (χ2v) is 5.55. The van der Waals surface area contributed by atoms with Crippen LogP contribution in [0.5, 0.6) is 11.5 Å². The molecule has 0 amide bonds. The van der Waals surface area contributed by atoms with E-state index in [1.54, 1.807) is 0 Å². The zero-order valence-electron chi connectivity index (χ0n) is 11.4. The molecule has 1 aliphatic carbocycles. The van der Waals surface area contributed by atoms with Gasteiger partial charge in [0.1, 0.15) is 11.5 Å². The highest BCUT2D eigenvalue weighted by atomic mass is 35.5. The third-order valence-electron chi connectivity index (χ3n) is 3.77. The van der Waals surface area contributed by atoms with Crippen LogP contribution in [-0.2, 0) is 19.3 Å². The van der Waals surface area contributed by atoms with Crippen molar-refractivity contribution in [3.63, 3.8) is 0 Å². The Morgan fingerprint density at radius 2 is 1.95 bits per heavy atom. The first-order valence-electron chi connectivity index (χ1n) is 7.05. The molecule has 0 saturated heterocycles. The number of halogens is 1. The summed E-state index contributed by atoms with van der Waals surface area (Å²) >= 11 is 6.23. The number of aryl methyl sites for hydroxylation is 2. The van der Waals surface area contributed by atoms with Gasteiger partial charge in [-0.3, -0.25) is 0 Å². The van der Waals surface area contributed by atoms with Crippen LogP contribution in [0.1, 0.15) is 23.1 Å². The fourth-order valence-corrected chi connectivity index (χ4v) is 3.02. The van der Waals surface area contributed by atoms with Crippen LogP contribution >= 0.6 is 11.6 Å². The van der Waals surface area contributed by atoms with Gasteiger partial charge in [-0.25, -0.2) is 0 Å². The van der Waals surface area contributed by atoms with Gasteiger partial charge in [-0.1, -0.05) is 23.7 Å². The van der Waals surface area contributed by atoms with Crippen LogP contribution in [0.2, 0.25) is 5.02 Å². The lowest BCUT2D eigenvalue weighted by Crippen LogP contribution is -2.04. The number of hydrogen-bond donors (Lipinski definition) is 1. The molecule has 104 valence electrons. The number of fused-ring (bicyclic) bond motifs is 1. The highest BCUT2D eigenvalue weighted by Gasteiger charge is 2.13. The summed E-state index contributed by atoms with van der Waals surface area (Å²) in [5, 5.41) is 0.717. The lowest BCUT2D eigenvalue weighted by atomic mass is 10.1. The molecule has 2 aromatic carbocycles. The van der Waals surface area contributed by atoms with E-state index in [-0.39, 0.29) is 0 Å². The Bertz CT molecular complexity index is 624. The molecule has 0 radical (unpaired) electrons. The molecule has 0 bridgehead atoms. The maximum atomic E-state index is 6.23. The van der Waals surface area contributed by atoms with Gasteiger partial charge in [0.2, 0.25) is 0 Å². The molecule has 2 nitrogen and oxygen atoms in total. The van der Waals surface area contributed by atoms with Gasteiger partial charge >= 0.3 is 0 Å². The second-order valence-electron chi connectivity index (χ2n) is 5.14. The Morgan fingerprint density at radius 3 is 2.80 bits per heavy atom. The van der Waals surface area contributed by atoms with Crippen LogP contribution in [0.4, 0.5) is 0 Å². The molecule has 0 spiro atoms. The number of rotatable bonds is 4. The van der Waals surface area contributed by atoms with Crippen molar-refractivity contribution in [2.75, 3.05) is 6.54 Å². The minimum absolute atomic E-state index is 0.560. The average molecular weight is 288 g/mol. The fourth-order valence-electron chi connectivity index (χ4n) is 2.76. The minimum atomic E-state index is 0.560. The van der Waals surface area contributed by atoms with Crippen molar-refractivity contribution in [2.45, 2.75) is 25.7 Å². The van der Waals surface area contributed by atoms with E-state index in [2.05, 4.69) is 12.1 Å². The predicted molar refractivity (Wildman–Crippen MR) is 82.8 cm³/mol. The number of nitrogens with two attached hydrogens (primary N) is 1. The molecule has 2 aromatic rings. The van der Waals surface area contributed by atoms with Crippen molar-refractivity contribution < 1.29 is 4.74 Å². The summed E-state index contributed by atoms with van der Waals surface area (Å²) in [4.78, 5) is 0. The molecule has 20 heavy (non-hydrogen) atoms. The number of ether oxygens (including phenoxy) is 1. The summed E-state index contributed by atoms with van der Waals surface area (Å²) in [7, 11) is 0. The van der Waals surface area contributed by atoms with Crippen LogP contribution < -0.4 is 10.5 Å². The van der Waals surface area contributed by atoms with Crippen molar-refractivity contribution in [3.05, 3.63) is 58.1 Å². The van der Waals surface area contributed by atoms with E-state index in [1.807, 2.05) is 24.3 Å². The highest BCUT2D eigenvalue weighted by Crippen LogP contribution is 2.33. The minimum Gasteiger partial charge on any atom is -0.457 e. The first kappa shape index (κ1) is 13.5. The molecular formula is C17H18ClNO. The smallest absolute Gasteiger partial charge is 0.132 e. The topological polar surface area (TPSA) is 35.2 Å². The van der Waals surface area contributed by atoms with Crippen molar-refractivity contribution in [3.8, 4) is 11.5 Å². The standard InChI is InChI=1S/C17H18ClNO/c18-16-5-2-6-17(15(16)9-10-19)20-14-8-7-12-3-1-4-13(12)11-14/h2,5-8,11H,1,3-4,9-10,19H2. The Balaban J connectivity index is 1.89. The summed E-state index contributed by atoms with van der Waals surface area (Å²) < 4.78 is 6.03. The van der Waals surface area contributed by atoms with Crippen LogP contribution in [0, 0.1) is 0 Å². The first-order chi connectivity index (χ1) is 9.78. The summed E-state index contributed by atoms with van der Waals surface area (Å²) in [5.41, 5.74) is 9.49. The molecule has 0 aliphatic heterocycles. The van der Waals surface area contributed by atoms with E-state index in [0.717, 1.165) is 29.9 Å². The van der Waals surface area contributed by atoms with Crippen molar-refractivity contribution in [1.29, 1.82) is 0 Å². The van der Waals surface area contributed by atoms with Crippen molar-refractivity contribution in [1.82, 2.24) is 0 Å². The van der Waals surface area contributed by atoms with Crippen LogP contribution in [0.15, 0.2) is 36.4 Å². The van der Waals surface area contributed by atoms with Gasteiger partial charge in [0.05, 0.1) is 0 Å². The molecule has 0 unspecified atom stereocenters. The third kappa shape index (κ3) is 2.67. The molecule has 0 fully saturated rings. The van der Waals surface area contributed by atoms with Gasteiger partial charge in [0, 0.05) is 10.6 Å². The van der Waals surface area contributed by atoms with Gasteiger partial charge in [-0.05, 0) is 67.6 Å². The van der Waals surface area contributed by atoms with Gasteiger partial charge < -0.3 is 10.5 Å². The second kappa shape index (κ2) is 5.86. The Morgan fingerprint density at radius 1 is 1.10 bits per heavy atom. The Labute approximate surface area is 124 Å². The van der Waals surface area contributed by atoms with E-state index in [0.29, 0.717) is 11.6 Å². The SMILES string of the molecule is NCCc1c(Cl)cccc1Oc1ccc2c(c1)CCC2. The fraction of sp³-hybridized carbons (Fsp3) is 0.294. The molecule has 0 heterocycles. The van der Waals surface area contributed by atoms with Gasteiger partial charge in [-0.2, -0.15) is 0 Å². The molecule has 0 saturated carbocycles. The molecule has 0 aromatic heterocycles. The van der Waals surface area contributed by atoms with E-state index in [9.17, 15) is 0 Å². The van der Waals surface area contributed by atoms with Gasteiger partial charge in [-0.15, -0.1) is 0 Å². The van der Waals surface area contributed by atoms with Crippen molar-refractivity contribution >= 4 is 11.6 Å². The number of hydrogen-bond acceptors (Lipinski definition) is 2. The van der Waals surface area contributed by atoms with Gasteiger partial charge in [0.25, 0.3) is 0 Å². The molecular weight excluding hydrogens is 270 g/mol. The Kier molecular flexibility index (Phi) is 3.95. The quantitative estimate of drug-likeness (QED) is 0.918. The molecule has 1 aliphatic rings. The van der Waals surface area contributed by atoms with Gasteiger partial charge in [0.15, 0.2) is 0 Å². The highest BCUT2D eigenvalue weighted by molar-refractivity contribution is 6.31. The monoisotopic (exact) mass is 287 g/mol. The number of benzene rings is 2. The summed E-state index contributed by atoms with van der Waals surface area (Å²) in [6.07, 6.45) is 4.30. The maximum Gasteiger partial charge on any atom is 0.132 e. The molecule has 3 rings (SSSR count). The largest absolute Gasteiger partial charge is 0.457 e. The average Bonchev–Trinajstić information content (AvgIpc) is 2.90. The van der Waals surface area contributed by atoms with E-state index >= 15 is 0 Å². The normalized spacial score (nSPS) is 13.3. The van der Waals surface area contributed by atoms with E-state index < -0.39 is 0 Å². The lowest BCUT2D eigenvalue weighted by Gasteiger charge is -2.13. The van der Waals surface area contributed by atoms with E-state index in [4.69, 9.17) is 22.1 Å². The third-order valence-corrected chi connectivity index (χ3v) is 4.12. The van der Waals surface area contributed by atoms with Crippen molar-refractivity contribution in [2.24, 2.45) is 5.73 Å². The van der Waals surface area contributed by atoms with Crippen LogP contribution in [-0.4, -0.2) is 6.54 Å². The molecule has 0 atom stereocenters. The first-order valence-corrected chi connectivity index (χ1v) is 7.43. The van der Waals surface area contributed by atoms with E-state index in [1.165, 1.54) is 24.0 Å². The maximum absolute atomic E-state index is 6.23. The zero-order valence-corrected chi connectivity index (χ0v) is 12.1. The van der Waals surface area contributed by atoms with Crippen LogP contribution in [0.3, 0.4) is 0 Å². The summed E-state index contributed by atoms with van der Waals surface area (Å²) in [6.45, 7) is 0.560. The predicted octanol–water partition coefficient (Wildman–Crippen LogP) is 4.12. The molecule has 2 N–H and O–H groups in total. The molecule has 3 heteroatoms. The lowest BCUT2D eigenvalue weighted by molar-refractivity contribution is 0.475. The summed E-state index contributed by atoms with van der Waals surface area (Å²) in [5.74, 6) is 1.69. The zero-order chi connectivity index (χ0) is 13.9. The Hall–Kier alpha value is -1.51.